The Morgan fingerprint density at radius 3 is 2.29 bits per heavy atom. The van der Waals surface area contributed by atoms with E-state index >= 15 is 4.79 Å². The summed E-state index contributed by atoms with van der Waals surface area (Å²) in [5.74, 6) is -0.229. The summed E-state index contributed by atoms with van der Waals surface area (Å²) in [6.07, 6.45) is 0.822. The molecule has 1 saturated heterocycles. The Hall–Kier alpha value is -6.09. The van der Waals surface area contributed by atoms with Crippen LogP contribution in [0.15, 0.2) is 120 Å². The normalized spacial score (nSPS) is 19.8. The molecule has 3 heterocycles. The molecule has 5 aromatic rings. The molecule has 0 bridgehead atoms. The third-order valence-corrected chi connectivity index (χ3v) is 16.4. The number of aliphatic hydroxyl groups is 1. The van der Waals surface area contributed by atoms with Crippen molar-refractivity contribution in [1.29, 1.82) is 0 Å². The van der Waals surface area contributed by atoms with Gasteiger partial charge in [0, 0.05) is 48.6 Å². The Bertz CT molecular complexity index is 2410. The predicted octanol–water partition coefficient (Wildman–Crippen LogP) is 5.94. The molecule has 2 aliphatic heterocycles. The Kier molecular flexibility index (Phi) is 11.6. The van der Waals surface area contributed by atoms with E-state index in [0.717, 1.165) is 16.3 Å². The lowest BCUT2D eigenvalue weighted by Gasteiger charge is -2.37. The van der Waals surface area contributed by atoms with Crippen LogP contribution in [0.5, 0.6) is 11.5 Å². The molecular formula is C45H48N4O9Si. The molecule has 0 aliphatic carbocycles. The number of aromatic nitrogens is 1. The van der Waals surface area contributed by atoms with Crippen molar-refractivity contribution in [2.45, 2.75) is 56.8 Å². The largest absolute Gasteiger partial charge is 0.497 e. The van der Waals surface area contributed by atoms with Crippen molar-refractivity contribution < 1.29 is 33.8 Å². The van der Waals surface area contributed by atoms with Crippen LogP contribution < -0.4 is 25.1 Å². The number of aliphatic hydroxyl groups excluding tert-OH is 1. The van der Waals surface area contributed by atoms with Gasteiger partial charge in [-0.15, -0.1) is 0 Å². The van der Waals surface area contributed by atoms with Crippen LogP contribution in [-0.2, 0) is 33.0 Å². The van der Waals surface area contributed by atoms with Crippen molar-refractivity contribution >= 4 is 36.4 Å². The summed E-state index contributed by atoms with van der Waals surface area (Å²) in [6.45, 7) is 6.64. The highest BCUT2D eigenvalue weighted by Gasteiger charge is 2.66. The molecule has 306 valence electrons. The number of amides is 2. The van der Waals surface area contributed by atoms with Gasteiger partial charge in [0.25, 0.3) is 17.2 Å². The zero-order valence-electron chi connectivity index (χ0n) is 33.7. The molecule has 1 spiro atoms. The maximum Gasteiger partial charge on any atom is 0.297 e. The van der Waals surface area contributed by atoms with Crippen LogP contribution >= 0.6 is 0 Å². The van der Waals surface area contributed by atoms with Gasteiger partial charge in [-0.25, -0.2) is 0 Å². The first-order valence-electron chi connectivity index (χ1n) is 19.5. The van der Waals surface area contributed by atoms with Gasteiger partial charge in [0.2, 0.25) is 5.91 Å². The number of hydrogen-bond donors (Lipinski definition) is 1. The van der Waals surface area contributed by atoms with Crippen LogP contribution in [0.1, 0.15) is 30.0 Å². The van der Waals surface area contributed by atoms with Crippen molar-refractivity contribution in [3.63, 3.8) is 0 Å². The molecule has 1 N–H and O–H groups in total. The Balaban J connectivity index is 1.29. The lowest BCUT2D eigenvalue weighted by atomic mass is 9.82. The number of carbonyl (C=O) groups is 2. The van der Waals surface area contributed by atoms with Gasteiger partial charge in [-0.1, -0.05) is 79.8 Å². The van der Waals surface area contributed by atoms with Crippen molar-refractivity contribution in [2.24, 2.45) is 5.92 Å². The summed E-state index contributed by atoms with van der Waals surface area (Å²) in [6, 6.07) is 32.4. The van der Waals surface area contributed by atoms with Gasteiger partial charge in [-0.2, -0.15) is 0 Å². The third kappa shape index (κ3) is 7.54. The quantitative estimate of drug-likeness (QED) is 0.0816. The van der Waals surface area contributed by atoms with Crippen LogP contribution in [0.3, 0.4) is 0 Å². The molecule has 1 fully saturated rings. The average molecular weight is 817 g/mol. The van der Waals surface area contributed by atoms with Crippen molar-refractivity contribution in [3.8, 4) is 17.2 Å². The number of carbonyl (C=O) groups excluding carboxylic acids is 2. The number of hydrogen-bond acceptors (Lipinski definition) is 9. The van der Waals surface area contributed by atoms with Crippen LogP contribution in [0.2, 0.25) is 18.6 Å². The van der Waals surface area contributed by atoms with E-state index in [0.29, 0.717) is 22.7 Å². The highest BCUT2D eigenvalue weighted by atomic mass is 28.3. The fraction of sp³-hybridized carbons (Fsp3) is 0.311. The van der Waals surface area contributed by atoms with Gasteiger partial charge in [-0.05, 0) is 59.1 Å². The number of nitrogens with zero attached hydrogens (tertiary/aromatic N) is 4. The summed E-state index contributed by atoms with van der Waals surface area (Å²) in [5, 5.41) is 23.4. The molecule has 2 amide bonds. The SMILES string of the molecule is COc1ccc([Si](C)(C)[C@@H]2[C@@H](CC(=O)N(CCO)Cc3ccccc3)O[C@]3(C(=O)N(Cc4ccc(-n5cccc(OC)c5=O)cc4)c4ccc([N+](=O)[O-])cc43)[C@H]2C)cc1. The van der Waals surface area contributed by atoms with Gasteiger partial charge in [0.1, 0.15) is 5.75 Å². The minimum Gasteiger partial charge on any atom is -0.497 e. The summed E-state index contributed by atoms with van der Waals surface area (Å²) in [4.78, 5) is 57.7. The molecule has 13 nitrogen and oxygen atoms in total. The molecule has 0 radical (unpaired) electrons. The first-order chi connectivity index (χ1) is 28.3. The molecule has 0 saturated carbocycles. The first-order valence-corrected chi connectivity index (χ1v) is 22.6. The van der Waals surface area contributed by atoms with E-state index in [2.05, 4.69) is 13.1 Å². The molecule has 4 aromatic carbocycles. The number of fused-ring (bicyclic) bond motifs is 2. The highest BCUT2D eigenvalue weighted by Crippen LogP contribution is 2.60. The van der Waals surface area contributed by atoms with Gasteiger partial charge >= 0.3 is 0 Å². The zero-order valence-corrected chi connectivity index (χ0v) is 34.7. The topological polar surface area (TPSA) is 154 Å². The van der Waals surface area contributed by atoms with Gasteiger partial charge in [0.15, 0.2) is 11.4 Å². The first kappa shape index (κ1) is 41.1. The van der Waals surface area contributed by atoms with Crippen LogP contribution in [0.4, 0.5) is 11.4 Å². The highest BCUT2D eigenvalue weighted by molar-refractivity contribution is 6.91. The second-order valence-corrected chi connectivity index (χ2v) is 20.3. The third-order valence-electron chi connectivity index (χ3n) is 12.0. The number of nitro groups is 1. The number of anilines is 1. The Morgan fingerprint density at radius 2 is 1.64 bits per heavy atom. The Morgan fingerprint density at radius 1 is 0.932 bits per heavy atom. The summed E-state index contributed by atoms with van der Waals surface area (Å²) in [5.41, 5.74) is 0.679. The molecule has 4 atom stereocenters. The monoisotopic (exact) mass is 816 g/mol. The standard InChI is InChI=1S/C45H48N4O9Si/c1-30-42(59(4,5)36-20-18-35(56-2)19-21-36)40(27-41(51)46(24-25-50)28-31-10-7-6-8-11-31)58-45(30)37-26-34(49(54)55)17-22-38(37)48(44(45)53)29-32-13-15-33(16-14-32)47-23-9-12-39(57-3)43(47)52/h6-23,26,30,40,42,50H,24-25,27-29H2,1-5H3/t30-,40+,42-,45+/m0/s1. The van der Waals surface area contributed by atoms with Crippen molar-refractivity contribution in [3.05, 3.63) is 153 Å². The molecular weight excluding hydrogens is 769 g/mol. The van der Waals surface area contributed by atoms with E-state index in [4.69, 9.17) is 14.2 Å². The lowest BCUT2D eigenvalue weighted by Crippen LogP contribution is -2.52. The maximum atomic E-state index is 15.3. The number of pyridine rings is 1. The van der Waals surface area contributed by atoms with Gasteiger partial charge in [-0.3, -0.25) is 29.1 Å². The van der Waals surface area contributed by atoms with Gasteiger partial charge < -0.3 is 29.1 Å². The van der Waals surface area contributed by atoms with E-state index in [1.165, 1.54) is 23.8 Å². The van der Waals surface area contributed by atoms with E-state index in [9.17, 15) is 24.8 Å². The van der Waals surface area contributed by atoms with Gasteiger partial charge in [0.05, 0.1) is 58.6 Å². The molecule has 59 heavy (non-hydrogen) atoms. The number of non-ortho nitro benzene ring substituents is 1. The molecule has 2 aliphatic rings. The van der Waals surface area contributed by atoms with Crippen LogP contribution in [-0.4, -0.2) is 72.9 Å². The Labute approximate surface area is 343 Å². The average Bonchev–Trinajstić information content (AvgIpc) is 3.66. The van der Waals surface area contributed by atoms with Crippen LogP contribution in [0.25, 0.3) is 5.69 Å². The smallest absolute Gasteiger partial charge is 0.297 e. The summed E-state index contributed by atoms with van der Waals surface area (Å²) >= 11 is 0. The molecule has 7 rings (SSSR count). The van der Waals surface area contributed by atoms with E-state index in [1.54, 1.807) is 53.4 Å². The van der Waals surface area contributed by atoms with E-state index in [-0.39, 0.29) is 67.0 Å². The minimum absolute atomic E-state index is 0.0706. The minimum atomic E-state index is -2.67. The number of benzene rings is 4. The lowest BCUT2D eigenvalue weighted by molar-refractivity contribution is -0.385. The maximum absolute atomic E-state index is 15.3. The number of ether oxygens (including phenoxy) is 3. The second-order valence-electron chi connectivity index (χ2n) is 15.7. The van der Waals surface area contributed by atoms with Crippen LogP contribution in [0, 0.1) is 16.0 Å². The number of nitro benzene ring substituents is 1. The number of rotatable bonds is 14. The molecule has 0 unspecified atom stereocenters. The van der Waals surface area contributed by atoms with Crippen molar-refractivity contribution in [1.82, 2.24) is 9.47 Å². The van der Waals surface area contributed by atoms with Crippen molar-refractivity contribution in [2.75, 3.05) is 32.3 Å². The predicted molar refractivity (Wildman–Crippen MR) is 226 cm³/mol. The summed E-state index contributed by atoms with van der Waals surface area (Å²) in [7, 11) is 0.373. The zero-order chi connectivity index (χ0) is 42.1. The fourth-order valence-electron chi connectivity index (χ4n) is 9.07. The summed E-state index contributed by atoms with van der Waals surface area (Å²) < 4.78 is 19.3. The number of methoxy groups -OCH3 is 2. The van der Waals surface area contributed by atoms with E-state index in [1.807, 2.05) is 73.7 Å². The fourth-order valence-corrected chi connectivity index (χ4v) is 13.1. The van der Waals surface area contributed by atoms with E-state index < -0.39 is 30.6 Å². The molecule has 14 heteroatoms. The molecule has 1 aromatic heterocycles. The second kappa shape index (κ2) is 16.6.